The van der Waals surface area contributed by atoms with Gasteiger partial charge in [-0.25, -0.2) is 0 Å². The van der Waals surface area contributed by atoms with Gasteiger partial charge in [-0.1, -0.05) is 49.4 Å². The van der Waals surface area contributed by atoms with Crippen LogP contribution in [-0.4, -0.2) is 28.8 Å². The van der Waals surface area contributed by atoms with Crippen LogP contribution in [0.1, 0.15) is 32.3 Å². The predicted molar refractivity (Wildman–Crippen MR) is 96.3 cm³/mol. The van der Waals surface area contributed by atoms with E-state index in [1.165, 1.54) is 6.92 Å². The van der Waals surface area contributed by atoms with Gasteiger partial charge in [0.1, 0.15) is 0 Å². The predicted octanol–water partition coefficient (Wildman–Crippen LogP) is 2.96. The summed E-state index contributed by atoms with van der Waals surface area (Å²) in [6.45, 7) is 3.17. The number of aliphatic carboxylic acids is 1. The number of hydrogen-bond donors (Lipinski definition) is 2. The molecule has 2 aromatic carbocycles. The van der Waals surface area contributed by atoms with E-state index in [0.717, 1.165) is 16.3 Å². The lowest BCUT2D eigenvalue weighted by molar-refractivity contribution is -0.141. The summed E-state index contributed by atoms with van der Waals surface area (Å²) in [5.74, 6) is -2.17. The van der Waals surface area contributed by atoms with Crippen molar-refractivity contribution in [3.05, 3.63) is 48.0 Å². The maximum Gasteiger partial charge on any atom is 0.304 e. The Bertz CT molecular complexity index is 779. The van der Waals surface area contributed by atoms with Gasteiger partial charge in [-0.2, -0.15) is 0 Å². The number of benzene rings is 2. The summed E-state index contributed by atoms with van der Waals surface area (Å²) in [4.78, 5) is 34.9. The molecule has 0 aromatic heterocycles. The Morgan fingerprint density at radius 2 is 1.72 bits per heavy atom. The average molecular weight is 341 g/mol. The third-order valence-corrected chi connectivity index (χ3v) is 4.29. The second kappa shape index (κ2) is 8.42. The number of Topliss-reactive ketones (excluding diaryl/α,β-unsaturated/α-hetero) is 1. The number of nitrogens with one attached hydrogen (secondary N) is 1. The summed E-state index contributed by atoms with van der Waals surface area (Å²) >= 11 is 0. The summed E-state index contributed by atoms with van der Waals surface area (Å²) < 4.78 is 0. The highest BCUT2D eigenvalue weighted by atomic mass is 16.4. The van der Waals surface area contributed by atoms with Crippen LogP contribution >= 0.6 is 0 Å². The van der Waals surface area contributed by atoms with Gasteiger partial charge in [0.05, 0.1) is 12.5 Å². The monoisotopic (exact) mass is 341 g/mol. The zero-order valence-electron chi connectivity index (χ0n) is 14.5. The molecule has 0 aliphatic carbocycles. The Labute approximate surface area is 147 Å². The molecule has 0 radical (unpaired) electrons. The fourth-order valence-electron chi connectivity index (χ4n) is 2.78. The fraction of sp³-hybridized carbons (Fsp3) is 0.350. The Balaban J connectivity index is 1.93. The molecule has 0 heterocycles. The molecule has 0 aliphatic heterocycles. The highest BCUT2D eigenvalue weighted by molar-refractivity contribution is 5.91. The summed E-state index contributed by atoms with van der Waals surface area (Å²) in [5.41, 5.74) is 1.10. The van der Waals surface area contributed by atoms with Gasteiger partial charge in [0.2, 0.25) is 5.91 Å². The first-order chi connectivity index (χ1) is 11.9. The van der Waals surface area contributed by atoms with Crippen molar-refractivity contribution in [2.45, 2.75) is 39.2 Å². The van der Waals surface area contributed by atoms with Crippen molar-refractivity contribution in [2.24, 2.45) is 5.92 Å². The topological polar surface area (TPSA) is 83.5 Å². The molecule has 2 aromatic rings. The van der Waals surface area contributed by atoms with Crippen molar-refractivity contribution in [3.63, 3.8) is 0 Å². The van der Waals surface area contributed by atoms with E-state index in [-0.39, 0.29) is 12.2 Å². The Morgan fingerprint density at radius 1 is 1.04 bits per heavy atom. The molecule has 0 bridgehead atoms. The SMILES string of the molecule is C[C@H](NC(=O)[C@@H](C)CC(=O)O)C(=O)CCc1cccc2ccccc12. The number of carbonyl (C=O) groups is 3. The van der Waals surface area contributed by atoms with Gasteiger partial charge in [0.25, 0.3) is 0 Å². The Morgan fingerprint density at radius 3 is 2.44 bits per heavy atom. The minimum Gasteiger partial charge on any atom is -0.481 e. The number of rotatable bonds is 8. The van der Waals surface area contributed by atoms with Gasteiger partial charge in [-0.15, -0.1) is 0 Å². The fourth-order valence-corrected chi connectivity index (χ4v) is 2.78. The second-order valence-electron chi connectivity index (χ2n) is 6.33. The minimum atomic E-state index is -1.03. The number of aryl methyl sites for hydroxylation is 1. The van der Waals surface area contributed by atoms with Crippen LogP contribution in [0.2, 0.25) is 0 Å². The highest BCUT2D eigenvalue weighted by Gasteiger charge is 2.21. The van der Waals surface area contributed by atoms with E-state index in [1.807, 2.05) is 42.5 Å². The van der Waals surface area contributed by atoms with E-state index < -0.39 is 23.8 Å². The molecule has 0 spiro atoms. The minimum absolute atomic E-state index is 0.0659. The summed E-state index contributed by atoms with van der Waals surface area (Å²) in [6.07, 6.45) is 0.677. The molecule has 25 heavy (non-hydrogen) atoms. The van der Waals surface area contributed by atoms with Crippen molar-refractivity contribution >= 4 is 28.4 Å². The van der Waals surface area contributed by atoms with Crippen molar-refractivity contribution in [2.75, 3.05) is 0 Å². The van der Waals surface area contributed by atoms with Crippen LogP contribution in [0.25, 0.3) is 10.8 Å². The van der Waals surface area contributed by atoms with Crippen LogP contribution in [0.15, 0.2) is 42.5 Å². The molecule has 0 saturated heterocycles. The molecule has 0 saturated carbocycles. The number of carboxylic acids is 1. The molecule has 2 N–H and O–H groups in total. The lowest BCUT2D eigenvalue weighted by atomic mass is 9.98. The number of fused-ring (bicyclic) bond motifs is 1. The summed E-state index contributed by atoms with van der Waals surface area (Å²) in [7, 11) is 0. The molecular weight excluding hydrogens is 318 g/mol. The third kappa shape index (κ3) is 5.14. The number of ketones is 1. The van der Waals surface area contributed by atoms with Gasteiger partial charge in [-0.05, 0) is 29.7 Å². The number of hydrogen-bond acceptors (Lipinski definition) is 3. The number of carboxylic acid groups (broad SMARTS) is 1. The zero-order valence-corrected chi connectivity index (χ0v) is 14.5. The van der Waals surface area contributed by atoms with Crippen molar-refractivity contribution in [1.29, 1.82) is 0 Å². The first-order valence-electron chi connectivity index (χ1n) is 8.40. The molecule has 2 atom stereocenters. The first kappa shape index (κ1) is 18.6. The van der Waals surface area contributed by atoms with Crippen LogP contribution in [0.4, 0.5) is 0 Å². The molecule has 0 unspecified atom stereocenters. The molecular formula is C20H23NO4. The van der Waals surface area contributed by atoms with E-state index in [4.69, 9.17) is 5.11 Å². The maximum atomic E-state index is 12.3. The van der Waals surface area contributed by atoms with E-state index in [9.17, 15) is 14.4 Å². The summed E-state index contributed by atoms with van der Waals surface area (Å²) in [6, 6.07) is 13.4. The number of amides is 1. The molecule has 0 fully saturated rings. The maximum absolute atomic E-state index is 12.3. The van der Waals surface area contributed by atoms with Gasteiger partial charge >= 0.3 is 5.97 Å². The van der Waals surface area contributed by atoms with E-state index in [0.29, 0.717) is 12.8 Å². The third-order valence-electron chi connectivity index (χ3n) is 4.29. The normalized spacial score (nSPS) is 13.2. The van der Waals surface area contributed by atoms with E-state index in [1.54, 1.807) is 6.92 Å². The molecule has 1 amide bonds. The largest absolute Gasteiger partial charge is 0.481 e. The lowest BCUT2D eigenvalue weighted by Gasteiger charge is -2.16. The van der Waals surface area contributed by atoms with Crippen LogP contribution in [0.3, 0.4) is 0 Å². The molecule has 5 heteroatoms. The Hall–Kier alpha value is -2.69. The van der Waals surface area contributed by atoms with Crippen LogP contribution in [-0.2, 0) is 20.8 Å². The van der Waals surface area contributed by atoms with Crippen molar-refractivity contribution < 1.29 is 19.5 Å². The van der Waals surface area contributed by atoms with Gasteiger partial charge in [0.15, 0.2) is 5.78 Å². The van der Waals surface area contributed by atoms with Gasteiger partial charge in [0, 0.05) is 12.3 Å². The van der Waals surface area contributed by atoms with Gasteiger partial charge in [-0.3, -0.25) is 14.4 Å². The van der Waals surface area contributed by atoms with Crippen molar-refractivity contribution in [3.8, 4) is 0 Å². The van der Waals surface area contributed by atoms with E-state index >= 15 is 0 Å². The number of carbonyl (C=O) groups excluding carboxylic acids is 2. The standard InChI is InChI=1S/C20H23NO4/c1-13(12-19(23)24)20(25)21-14(2)18(22)11-10-16-8-5-7-15-6-3-4-9-17(15)16/h3-9,13-14H,10-12H2,1-2H3,(H,21,25)(H,23,24)/t13-,14-/m0/s1. The Kier molecular flexibility index (Phi) is 6.28. The van der Waals surface area contributed by atoms with Gasteiger partial charge < -0.3 is 10.4 Å². The highest BCUT2D eigenvalue weighted by Crippen LogP contribution is 2.20. The van der Waals surface area contributed by atoms with E-state index in [2.05, 4.69) is 5.32 Å². The molecule has 0 aliphatic rings. The lowest BCUT2D eigenvalue weighted by Crippen LogP contribution is -2.41. The van der Waals surface area contributed by atoms with Crippen molar-refractivity contribution in [1.82, 2.24) is 5.32 Å². The first-order valence-corrected chi connectivity index (χ1v) is 8.40. The average Bonchev–Trinajstić information content (AvgIpc) is 2.58. The van der Waals surface area contributed by atoms with Crippen LogP contribution < -0.4 is 5.32 Å². The zero-order chi connectivity index (χ0) is 18.4. The quantitative estimate of drug-likeness (QED) is 0.773. The molecule has 2 rings (SSSR count). The van der Waals surface area contributed by atoms with Crippen LogP contribution in [0.5, 0.6) is 0 Å². The smallest absolute Gasteiger partial charge is 0.304 e. The molecule has 5 nitrogen and oxygen atoms in total. The summed E-state index contributed by atoms with van der Waals surface area (Å²) in [5, 5.41) is 13.6. The second-order valence-corrected chi connectivity index (χ2v) is 6.33. The molecule has 132 valence electrons. The van der Waals surface area contributed by atoms with Crippen LogP contribution in [0, 0.1) is 5.92 Å².